The van der Waals surface area contributed by atoms with Crippen molar-refractivity contribution in [1.29, 1.82) is 0 Å². The van der Waals surface area contributed by atoms with Gasteiger partial charge < -0.3 is 36.0 Å². The lowest BCUT2D eigenvalue weighted by Gasteiger charge is -2.36. The van der Waals surface area contributed by atoms with Gasteiger partial charge in [0.2, 0.25) is 23.5 Å². The van der Waals surface area contributed by atoms with Gasteiger partial charge in [0.25, 0.3) is 5.91 Å². The van der Waals surface area contributed by atoms with E-state index in [0.717, 1.165) is 17.9 Å². The predicted octanol–water partition coefficient (Wildman–Crippen LogP) is 2.91. The van der Waals surface area contributed by atoms with E-state index in [0.29, 0.717) is 18.4 Å². The Labute approximate surface area is 303 Å². The van der Waals surface area contributed by atoms with Crippen molar-refractivity contribution in [3.63, 3.8) is 0 Å². The van der Waals surface area contributed by atoms with Gasteiger partial charge in [-0.15, -0.1) is 23.5 Å². The number of alkyl carbamates (subject to hydrolysis) is 1. The van der Waals surface area contributed by atoms with Gasteiger partial charge in [-0.2, -0.15) is 0 Å². The molecule has 0 bridgehead atoms. The highest BCUT2D eigenvalue weighted by Gasteiger charge is 2.53. The number of ether oxygens (including phenoxy) is 1. The topological polar surface area (TPSA) is 183 Å². The molecule has 0 saturated carbocycles. The Bertz CT molecular complexity index is 1380. The fourth-order valence-electron chi connectivity index (χ4n) is 5.77. The molecule has 0 radical (unpaired) electrons. The molecule has 1 aromatic carbocycles. The number of carbonyl (C=O) groups excluding carboxylic acids is 6. The number of thioether (sulfide) groups is 2. The van der Waals surface area contributed by atoms with E-state index in [1.54, 1.807) is 74.6 Å². The minimum absolute atomic E-state index is 0.158. The van der Waals surface area contributed by atoms with Crippen LogP contribution < -0.4 is 21.3 Å². The van der Waals surface area contributed by atoms with E-state index in [1.807, 2.05) is 27.7 Å². The molecule has 5 amide bonds. The van der Waals surface area contributed by atoms with Crippen LogP contribution in [0.1, 0.15) is 85.8 Å². The van der Waals surface area contributed by atoms with E-state index < -0.39 is 81.3 Å². The number of ketones is 1. The molecule has 2 aliphatic rings. The number of aliphatic hydroxyl groups is 1. The lowest BCUT2D eigenvalue weighted by atomic mass is 9.85. The second-order valence-electron chi connectivity index (χ2n) is 14.7. The maximum Gasteiger partial charge on any atom is 0.408 e. The van der Waals surface area contributed by atoms with Crippen molar-refractivity contribution >= 4 is 59.0 Å². The zero-order chi connectivity index (χ0) is 37.3. The second kappa shape index (κ2) is 17.8. The standard InChI is InChI=1S/C35H53N5O8S2/c1-8-13-23(27(43)30(45)36-19-26(42)37-24(20-41)22-14-10-9-11-15-22)38-29(44)25-18-35(49-16-12-17-50-35)21-40(25)31(46)28(33(2,3)4)39-32(47)48-34(5,6)7/h9-11,14-15,23-25,28,41H,8,12-13,16-21H2,1-7H3,(H,36,45)(H,37,42)(H,38,44)(H,39,47)/t23?,24?,25-,28?/m0/s1. The number of benzene rings is 1. The first kappa shape index (κ1) is 41.1. The average Bonchev–Trinajstić information content (AvgIpc) is 3.42. The molecule has 2 heterocycles. The van der Waals surface area contributed by atoms with Gasteiger partial charge in [0, 0.05) is 13.0 Å². The largest absolute Gasteiger partial charge is 0.444 e. The SMILES string of the molecule is CCCC(NC(=O)[C@@H]1CC2(CN1C(=O)C(NC(=O)OC(C)(C)C)C(C)(C)C)SCCCS2)C(=O)C(=O)NCC(=O)NC(CO)c1ccccc1. The molecule has 3 rings (SSSR count). The molecule has 2 saturated heterocycles. The van der Waals surface area contributed by atoms with Crippen LogP contribution in [0.3, 0.4) is 0 Å². The first-order chi connectivity index (χ1) is 23.4. The molecule has 50 heavy (non-hydrogen) atoms. The Morgan fingerprint density at radius 3 is 2.18 bits per heavy atom. The number of amides is 5. The lowest BCUT2D eigenvalue weighted by Crippen LogP contribution is -2.59. The maximum absolute atomic E-state index is 14.3. The number of nitrogens with one attached hydrogen (secondary N) is 4. The van der Waals surface area contributed by atoms with Crippen LogP contribution in [0.4, 0.5) is 4.79 Å². The van der Waals surface area contributed by atoms with E-state index in [2.05, 4.69) is 21.3 Å². The molecule has 4 atom stereocenters. The molecular weight excluding hydrogens is 683 g/mol. The normalized spacial score (nSPS) is 19.1. The molecule has 2 fully saturated rings. The van der Waals surface area contributed by atoms with Gasteiger partial charge in [-0.3, -0.25) is 24.0 Å². The summed E-state index contributed by atoms with van der Waals surface area (Å²) in [5, 5.41) is 20.2. The van der Waals surface area contributed by atoms with Crippen molar-refractivity contribution in [2.45, 2.75) is 108 Å². The molecule has 15 heteroatoms. The highest BCUT2D eigenvalue weighted by atomic mass is 32.2. The van der Waals surface area contributed by atoms with Crippen LogP contribution >= 0.6 is 23.5 Å². The fraction of sp³-hybridized carbons (Fsp3) is 0.657. The van der Waals surface area contributed by atoms with Gasteiger partial charge >= 0.3 is 6.09 Å². The van der Waals surface area contributed by atoms with Crippen molar-refractivity contribution in [3.8, 4) is 0 Å². The van der Waals surface area contributed by atoms with E-state index in [9.17, 15) is 33.9 Å². The lowest BCUT2D eigenvalue weighted by molar-refractivity contribution is -0.144. The summed E-state index contributed by atoms with van der Waals surface area (Å²) in [5.41, 5.74) is -0.843. The molecule has 278 valence electrons. The summed E-state index contributed by atoms with van der Waals surface area (Å²) in [6.45, 7) is 11.8. The predicted molar refractivity (Wildman–Crippen MR) is 194 cm³/mol. The average molecular weight is 736 g/mol. The van der Waals surface area contributed by atoms with Crippen LogP contribution in [0.15, 0.2) is 30.3 Å². The Hall–Kier alpha value is -3.30. The smallest absolute Gasteiger partial charge is 0.408 e. The molecule has 2 aliphatic heterocycles. The van der Waals surface area contributed by atoms with Crippen molar-refractivity contribution in [3.05, 3.63) is 35.9 Å². The molecule has 1 spiro atoms. The van der Waals surface area contributed by atoms with Crippen LogP contribution in [0.2, 0.25) is 0 Å². The Morgan fingerprint density at radius 2 is 1.62 bits per heavy atom. The van der Waals surface area contributed by atoms with Gasteiger partial charge in [-0.1, -0.05) is 64.4 Å². The number of aliphatic hydroxyl groups excluding tert-OH is 1. The van der Waals surface area contributed by atoms with Crippen LogP contribution in [0.25, 0.3) is 0 Å². The zero-order valence-corrected chi connectivity index (χ0v) is 31.8. The van der Waals surface area contributed by atoms with E-state index >= 15 is 0 Å². The van der Waals surface area contributed by atoms with E-state index in [1.165, 1.54) is 4.90 Å². The van der Waals surface area contributed by atoms with Crippen LogP contribution in [0.5, 0.6) is 0 Å². The number of carbonyl (C=O) groups is 6. The van der Waals surface area contributed by atoms with Gasteiger partial charge in [-0.25, -0.2) is 4.79 Å². The summed E-state index contributed by atoms with van der Waals surface area (Å²) in [7, 11) is 0. The summed E-state index contributed by atoms with van der Waals surface area (Å²) >= 11 is 3.41. The third-order valence-corrected chi connectivity index (χ3v) is 11.6. The number of nitrogens with zero attached hydrogens (tertiary/aromatic N) is 1. The van der Waals surface area contributed by atoms with Crippen molar-refractivity contribution < 1.29 is 38.6 Å². The number of Topliss-reactive ketones (excluding diaryl/α,β-unsaturated/α-hetero) is 1. The summed E-state index contributed by atoms with van der Waals surface area (Å²) in [4.78, 5) is 81.5. The Kier molecular flexibility index (Phi) is 14.6. The number of rotatable bonds is 13. The zero-order valence-electron chi connectivity index (χ0n) is 30.1. The molecular formula is C35H53N5O8S2. The second-order valence-corrected chi connectivity index (χ2v) is 17.9. The molecule has 0 aliphatic carbocycles. The third kappa shape index (κ3) is 11.6. The van der Waals surface area contributed by atoms with Crippen molar-refractivity contribution in [2.24, 2.45) is 5.41 Å². The molecule has 3 unspecified atom stereocenters. The summed E-state index contributed by atoms with van der Waals surface area (Å²) < 4.78 is 5.01. The van der Waals surface area contributed by atoms with Gasteiger partial charge in [-0.05, 0) is 56.1 Å². The molecule has 13 nitrogen and oxygen atoms in total. The van der Waals surface area contributed by atoms with E-state index in [4.69, 9.17) is 4.74 Å². The highest BCUT2D eigenvalue weighted by molar-refractivity contribution is 8.18. The first-order valence-electron chi connectivity index (χ1n) is 17.0. The summed E-state index contributed by atoms with van der Waals surface area (Å²) in [6, 6.07) is 4.97. The summed E-state index contributed by atoms with van der Waals surface area (Å²) in [6.07, 6.45) is 1.21. The van der Waals surface area contributed by atoms with Gasteiger partial charge in [0.15, 0.2) is 0 Å². The van der Waals surface area contributed by atoms with Crippen molar-refractivity contribution in [1.82, 2.24) is 26.2 Å². The number of likely N-dealkylation sites (tertiary alicyclic amines) is 1. The minimum Gasteiger partial charge on any atom is -0.444 e. The highest BCUT2D eigenvalue weighted by Crippen LogP contribution is 2.50. The fourth-order valence-corrected chi connectivity index (χ4v) is 9.12. The quantitative estimate of drug-likeness (QED) is 0.189. The number of hydrogen-bond acceptors (Lipinski definition) is 10. The maximum atomic E-state index is 14.3. The van der Waals surface area contributed by atoms with E-state index in [-0.39, 0.29) is 19.6 Å². The Morgan fingerprint density at radius 1 is 0.980 bits per heavy atom. The van der Waals surface area contributed by atoms with Crippen LogP contribution in [0, 0.1) is 5.41 Å². The number of hydrogen-bond donors (Lipinski definition) is 5. The monoisotopic (exact) mass is 735 g/mol. The molecule has 1 aromatic rings. The van der Waals surface area contributed by atoms with Crippen LogP contribution in [-0.2, 0) is 28.7 Å². The van der Waals surface area contributed by atoms with Gasteiger partial charge in [0.05, 0.1) is 29.3 Å². The summed E-state index contributed by atoms with van der Waals surface area (Å²) in [5.74, 6) is -1.83. The minimum atomic E-state index is -1.19. The Balaban J connectivity index is 1.75. The van der Waals surface area contributed by atoms with Crippen molar-refractivity contribution in [2.75, 3.05) is 31.2 Å². The van der Waals surface area contributed by atoms with Gasteiger partial charge in [0.1, 0.15) is 17.7 Å². The molecule has 0 aromatic heterocycles. The molecule has 5 N–H and O–H groups in total. The third-order valence-electron chi connectivity index (χ3n) is 8.23. The van der Waals surface area contributed by atoms with Crippen LogP contribution in [-0.4, -0.2) is 105 Å². The first-order valence-corrected chi connectivity index (χ1v) is 19.0.